The lowest BCUT2D eigenvalue weighted by Gasteiger charge is -2.11. The molecule has 0 saturated heterocycles. The molecule has 0 amide bonds. The van der Waals surface area contributed by atoms with Gasteiger partial charge in [0.15, 0.2) is 21.1 Å². The molecule has 1 aromatic carbocycles. The number of imidazole rings is 1. The number of aryl methyl sites for hydroxylation is 1. The summed E-state index contributed by atoms with van der Waals surface area (Å²) in [4.78, 5) is 4.49. The fraction of sp³-hybridized carbons (Fsp3) is 0.316. The van der Waals surface area contributed by atoms with E-state index < -0.39 is 22.4 Å². The fourth-order valence-electron chi connectivity index (χ4n) is 3.56. The SMILES string of the molecule is CS(=O)(=O)c1nn(Cc2nc3cc(Cl)ccc3n2CCCC(F)(F)F)c2c[n+]([O-])ccc12. The summed E-state index contributed by atoms with van der Waals surface area (Å²) in [5.41, 5.74) is 1.33. The molecule has 0 N–H and O–H groups in total. The van der Waals surface area contributed by atoms with Crippen LogP contribution in [0.1, 0.15) is 18.7 Å². The van der Waals surface area contributed by atoms with Crippen LogP contribution in [0, 0.1) is 5.21 Å². The average Bonchev–Trinajstić information content (AvgIpc) is 3.19. The van der Waals surface area contributed by atoms with Gasteiger partial charge < -0.3 is 9.77 Å². The Morgan fingerprint density at radius 2 is 1.97 bits per heavy atom. The molecule has 4 rings (SSSR count). The Bertz CT molecular complexity index is 1430. The van der Waals surface area contributed by atoms with Crippen LogP contribution in [0.3, 0.4) is 0 Å². The van der Waals surface area contributed by atoms with Crippen molar-refractivity contribution in [1.29, 1.82) is 0 Å². The topological polar surface area (TPSA) is 96.7 Å². The van der Waals surface area contributed by atoms with E-state index in [9.17, 15) is 26.8 Å². The van der Waals surface area contributed by atoms with Crippen molar-refractivity contribution in [1.82, 2.24) is 19.3 Å². The van der Waals surface area contributed by atoms with Crippen LogP contribution in [0.25, 0.3) is 21.9 Å². The first-order chi connectivity index (χ1) is 14.9. The number of benzene rings is 1. The zero-order valence-corrected chi connectivity index (χ0v) is 18.2. The highest BCUT2D eigenvalue weighted by molar-refractivity contribution is 7.90. The third kappa shape index (κ3) is 4.51. The molecule has 0 aliphatic rings. The maximum Gasteiger partial charge on any atom is 0.389 e. The quantitative estimate of drug-likeness (QED) is 0.306. The summed E-state index contributed by atoms with van der Waals surface area (Å²) in [6.07, 6.45) is -2.06. The van der Waals surface area contributed by atoms with Crippen LogP contribution >= 0.6 is 11.6 Å². The van der Waals surface area contributed by atoms with Crippen molar-refractivity contribution >= 4 is 43.4 Å². The number of hydrogen-bond donors (Lipinski definition) is 0. The number of fused-ring (bicyclic) bond motifs is 2. The largest absolute Gasteiger partial charge is 0.619 e. The fourth-order valence-corrected chi connectivity index (χ4v) is 4.54. The second-order valence-corrected chi connectivity index (χ2v) is 9.74. The Hall–Kier alpha value is -2.86. The molecule has 8 nitrogen and oxygen atoms in total. The van der Waals surface area contributed by atoms with Gasteiger partial charge in [-0.3, -0.25) is 0 Å². The number of alkyl halides is 3. The number of aromatic nitrogens is 5. The summed E-state index contributed by atoms with van der Waals surface area (Å²) < 4.78 is 65.8. The van der Waals surface area contributed by atoms with E-state index >= 15 is 0 Å². The van der Waals surface area contributed by atoms with E-state index in [1.807, 2.05) is 0 Å². The van der Waals surface area contributed by atoms with Crippen molar-refractivity contribution in [2.75, 3.05) is 6.26 Å². The molecular weight excluding hydrogens is 471 g/mol. The van der Waals surface area contributed by atoms with Gasteiger partial charge in [0.1, 0.15) is 17.9 Å². The van der Waals surface area contributed by atoms with E-state index in [1.165, 1.54) is 16.9 Å². The minimum Gasteiger partial charge on any atom is -0.619 e. The molecule has 13 heteroatoms. The third-order valence-corrected chi connectivity index (χ3v) is 6.15. The van der Waals surface area contributed by atoms with Gasteiger partial charge in [-0.1, -0.05) is 11.6 Å². The van der Waals surface area contributed by atoms with Gasteiger partial charge in [0.25, 0.3) is 0 Å². The second-order valence-electron chi connectivity index (χ2n) is 7.37. The third-order valence-electron chi connectivity index (χ3n) is 4.91. The monoisotopic (exact) mass is 487 g/mol. The van der Waals surface area contributed by atoms with Crippen LogP contribution < -0.4 is 4.73 Å². The minimum absolute atomic E-state index is 0.0344. The number of rotatable bonds is 6. The number of pyridine rings is 1. The van der Waals surface area contributed by atoms with Crippen LogP contribution in [0.2, 0.25) is 5.02 Å². The molecule has 32 heavy (non-hydrogen) atoms. The van der Waals surface area contributed by atoms with Gasteiger partial charge in [-0.15, -0.1) is 0 Å². The molecule has 0 unspecified atom stereocenters. The Balaban J connectivity index is 1.81. The van der Waals surface area contributed by atoms with Crippen molar-refractivity contribution in [3.63, 3.8) is 0 Å². The lowest BCUT2D eigenvalue weighted by Crippen LogP contribution is -2.24. The zero-order valence-electron chi connectivity index (χ0n) is 16.7. The van der Waals surface area contributed by atoms with E-state index in [1.54, 1.807) is 22.8 Å². The number of hydrogen-bond acceptors (Lipinski definition) is 5. The van der Waals surface area contributed by atoms with E-state index in [0.29, 0.717) is 26.6 Å². The molecule has 170 valence electrons. The van der Waals surface area contributed by atoms with E-state index in [-0.39, 0.29) is 35.4 Å². The van der Waals surface area contributed by atoms with Crippen LogP contribution in [0.5, 0.6) is 0 Å². The molecule has 0 radical (unpaired) electrons. The summed E-state index contributed by atoms with van der Waals surface area (Å²) in [5, 5.41) is 16.5. The van der Waals surface area contributed by atoms with Crippen LogP contribution in [-0.2, 0) is 22.9 Å². The van der Waals surface area contributed by atoms with Gasteiger partial charge in [0.05, 0.1) is 16.4 Å². The molecular formula is C19H17ClF3N5O3S. The standard InChI is InChI=1S/C19H17ClF3N5O3S/c1-32(30,31)18-13-5-8-26(29)10-16(13)28(25-18)11-17-24-14-9-12(20)3-4-15(14)27(17)7-2-6-19(21,22)23/h3-5,8-10H,2,6-7,11H2,1H3. The van der Waals surface area contributed by atoms with E-state index in [0.717, 1.165) is 12.5 Å². The second kappa shape index (κ2) is 7.93. The summed E-state index contributed by atoms with van der Waals surface area (Å²) in [7, 11) is -3.70. The predicted octanol–water partition coefficient (Wildman–Crippen LogP) is 3.47. The first-order valence-electron chi connectivity index (χ1n) is 9.43. The lowest BCUT2D eigenvalue weighted by molar-refractivity contribution is -0.604. The Kier molecular flexibility index (Phi) is 5.53. The van der Waals surface area contributed by atoms with Crippen LogP contribution in [-0.4, -0.2) is 40.2 Å². The number of nitrogens with zero attached hydrogens (tertiary/aromatic N) is 5. The maximum atomic E-state index is 12.7. The van der Waals surface area contributed by atoms with Crippen molar-refractivity contribution in [3.05, 3.63) is 52.7 Å². The van der Waals surface area contributed by atoms with Crippen molar-refractivity contribution in [2.24, 2.45) is 0 Å². The Morgan fingerprint density at radius 3 is 2.66 bits per heavy atom. The first-order valence-corrected chi connectivity index (χ1v) is 11.7. The zero-order chi connectivity index (χ0) is 23.3. The smallest absolute Gasteiger partial charge is 0.389 e. The molecule has 0 aliphatic carbocycles. The van der Waals surface area contributed by atoms with Gasteiger partial charge in [-0.25, -0.2) is 18.1 Å². The number of sulfone groups is 1. The van der Waals surface area contributed by atoms with Crippen molar-refractivity contribution in [2.45, 2.75) is 37.1 Å². The van der Waals surface area contributed by atoms with Gasteiger partial charge in [-0.2, -0.15) is 23.0 Å². The van der Waals surface area contributed by atoms with Crippen LogP contribution in [0.15, 0.2) is 41.7 Å². The highest BCUT2D eigenvalue weighted by Crippen LogP contribution is 2.27. The summed E-state index contributed by atoms with van der Waals surface area (Å²) in [6, 6.07) is 6.22. The molecule has 0 aliphatic heterocycles. The number of halogens is 4. The van der Waals surface area contributed by atoms with E-state index in [4.69, 9.17) is 11.6 Å². The highest BCUT2D eigenvalue weighted by Gasteiger charge is 2.27. The summed E-state index contributed by atoms with van der Waals surface area (Å²) in [5.74, 6) is 0.357. The van der Waals surface area contributed by atoms with Crippen molar-refractivity contribution < 1.29 is 26.3 Å². The van der Waals surface area contributed by atoms with Gasteiger partial charge in [0.2, 0.25) is 6.20 Å². The maximum absolute atomic E-state index is 12.7. The van der Waals surface area contributed by atoms with Crippen LogP contribution in [0.4, 0.5) is 13.2 Å². The molecule has 0 fully saturated rings. The molecule has 3 heterocycles. The minimum atomic E-state index is -4.29. The molecule has 0 spiro atoms. The lowest BCUT2D eigenvalue weighted by atomic mass is 10.2. The summed E-state index contributed by atoms with van der Waals surface area (Å²) in [6.45, 7) is -0.0268. The Morgan fingerprint density at radius 1 is 1.22 bits per heavy atom. The van der Waals surface area contributed by atoms with Crippen molar-refractivity contribution in [3.8, 4) is 0 Å². The first kappa shape index (κ1) is 22.3. The van der Waals surface area contributed by atoms with Gasteiger partial charge in [0, 0.05) is 30.3 Å². The Labute approximate surface area is 185 Å². The molecule has 0 bridgehead atoms. The average molecular weight is 488 g/mol. The molecule has 0 atom stereocenters. The van der Waals surface area contributed by atoms with Gasteiger partial charge in [-0.05, 0) is 24.6 Å². The molecule has 0 saturated carbocycles. The predicted molar refractivity (Wildman–Crippen MR) is 111 cm³/mol. The molecule has 3 aromatic heterocycles. The molecule has 4 aromatic rings. The summed E-state index contributed by atoms with van der Waals surface area (Å²) >= 11 is 6.03. The normalized spacial score (nSPS) is 12.8. The van der Waals surface area contributed by atoms with E-state index in [2.05, 4.69) is 10.1 Å². The highest BCUT2D eigenvalue weighted by atomic mass is 35.5. The van der Waals surface area contributed by atoms with Gasteiger partial charge >= 0.3 is 6.18 Å².